The zero-order valence-electron chi connectivity index (χ0n) is 13.4. The maximum atomic E-state index is 12.4. The van der Waals surface area contributed by atoms with Crippen LogP contribution in [0.1, 0.15) is 51.4 Å². The van der Waals surface area contributed by atoms with Gasteiger partial charge >= 0.3 is 12.0 Å². The van der Waals surface area contributed by atoms with E-state index in [-0.39, 0.29) is 29.4 Å². The lowest BCUT2D eigenvalue weighted by atomic mass is 9.46. The van der Waals surface area contributed by atoms with E-state index in [0.717, 1.165) is 25.9 Å². The van der Waals surface area contributed by atoms with E-state index in [1.807, 2.05) is 0 Å². The van der Waals surface area contributed by atoms with Gasteiger partial charge in [0, 0.05) is 30.0 Å². The minimum atomic E-state index is -0.707. The van der Waals surface area contributed by atoms with Gasteiger partial charge in [-0.2, -0.15) is 0 Å². The Morgan fingerprint density at radius 1 is 1.04 bits per heavy atom. The molecule has 128 valence electrons. The molecule has 0 aromatic rings. The molecule has 1 saturated heterocycles. The van der Waals surface area contributed by atoms with Crippen LogP contribution in [0.2, 0.25) is 0 Å². The molecule has 1 aliphatic heterocycles. The van der Waals surface area contributed by atoms with Gasteiger partial charge in [-0.25, -0.2) is 4.79 Å². The van der Waals surface area contributed by atoms with Crippen molar-refractivity contribution in [2.75, 3.05) is 6.61 Å². The normalized spacial score (nSPS) is 40.6. The Kier molecular flexibility index (Phi) is 3.75. The highest BCUT2D eigenvalue weighted by atomic mass is 16.5. The fraction of sp³-hybridized carbons (Fsp3) is 0.882. The Morgan fingerprint density at radius 2 is 1.78 bits per heavy atom. The van der Waals surface area contributed by atoms with Crippen molar-refractivity contribution in [2.45, 2.75) is 69.6 Å². The average molecular weight is 322 g/mol. The molecule has 2 amide bonds. The summed E-state index contributed by atoms with van der Waals surface area (Å²) in [4.78, 5) is 23.3. The van der Waals surface area contributed by atoms with Crippen LogP contribution in [0.5, 0.6) is 0 Å². The first-order chi connectivity index (χ1) is 11.1. The number of ether oxygens (including phenoxy) is 1. The van der Waals surface area contributed by atoms with Gasteiger partial charge < -0.3 is 20.5 Å². The van der Waals surface area contributed by atoms with Crippen LogP contribution in [-0.4, -0.2) is 41.9 Å². The summed E-state index contributed by atoms with van der Waals surface area (Å²) in [5, 5.41) is 15.3. The fourth-order valence-corrected chi connectivity index (χ4v) is 5.31. The molecule has 3 aliphatic carbocycles. The molecule has 1 heterocycles. The highest BCUT2D eigenvalue weighted by Crippen LogP contribution is 2.62. The molecule has 3 unspecified atom stereocenters. The summed E-state index contributed by atoms with van der Waals surface area (Å²) in [6, 6.07) is 0.295. The van der Waals surface area contributed by atoms with Gasteiger partial charge in [0.1, 0.15) is 0 Å². The second-order valence-electron chi connectivity index (χ2n) is 7.81. The van der Waals surface area contributed by atoms with Crippen LogP contribution in [0.25, 0.3) is 0 Å². The number of hydrogen-bond donors (Lipinski definition) is 3. The van der Waals surface area contributed by atoms with Gasteiger partial charge in [0.25, 0.3) is 0 Å². The SMILES string of the molecule is O=C(NC1CCC(C(=O)O)CC1)NC1C2CCOC2C12CCC2. The molecule has 0 aromatic heterocycles. The molecule has 4 fully saturated rings. The third-order valence-electron chi connectivity index (χ3n) is 6.73. The summed E-state index contributed by atoms with van der Waals surface area (Å²) in [5.74, 6) is -0.456. The van der Waals surface area contributed by atoms with Crippen LogP contribution in [-0.2, 0) is 9.53 Å². The standard InChI is InChI=1S/C17H26N2O4/c20-15(21)10-2-4-11(5-3-10)18-16(22)19-13-12-6-9-23-14(12)17(13)7-1-8-17/h10-14H,1-9H2,(H,20,21)(H2,18,19,22). The molecule has 0 bridgehead atoms. The smallest absolute Gasteiger partial charge is 0.315 e. The highest BCUT2D eigenvalue weighted by molar-refractivity contribution is 5.75. The molecule has 3 N–H and O–H groups in total. The highest BCUT2D eigenvalue weighted by Gasteiger charge is 2.67. The summed E-state index contributed by atoms with van der Waals surface area (Å²) in [7, 11) is 0. The largest absolute Gasteiger partial charge is 0.481 e. The van der Waals surface area contributed by atoms with Crippen molar-refractivity contribution in [3.05, 3.63) is 0 Å². The minimum absolute atomic E-state index is 0.0783. The van der Waals surface area contributed by atoms with E-state index in [1.54, 1.807) is 0 Å². The predicted octanol–water partition coefficient (Wildman–Crippen LogP) is 1.89. The van der Waals surface area contributed by atoms with E-state index in [2.05, 4.69) is 10.6 Å². The van der Waals surface area contributed by atoms with Crippen LogP contribution in [0.4, 0.5) is 4.79 Å². The van der Waals surface area contributed by atoms with Gasteiger partial charge in [-0.1, -0.05) is 6.42 Å². The van der Waals surface area contributed by atoms with Gasteiger partial charge in [0.05, 0.1) is 12.0 Å². The summed E-state index contributed by atoms with van der Waals surface area (Å²) >= 11 is 0. The van der Waals surface area contributed by atoms with Crippen molar-refractivity contribution in [1.82, 2.24) is 10.6 Å². The molecule has 0 aromatic carbocycles. The first-order valence-corrected chi connectivity index (χ1v) is 9.01. The second kappa shape index (κ2) is 5.65. The number of amides is 2. The Balaban J connectivity index is 1.28. The summed E-state index contributed by atoms with van der Waals surface area (Å²) in [6.07, 6.45) is 7.84. The van der Waals surface area contributed by atoms with Gasteiger partial charge in [-0.05, 0) is 44.9 Å². The van der Waals surface area contributed by atoms with E-state index in [4.69, 9.17) is 9.84 Å². The first kappa shape index (κ1) is 15.2. The molecular weight excluding hydrogens is 296 g/mol. The molecular formula is C17H26N2O4. The molecule has 3 saturated carbocycles. The molecule has 4 aliphatic rings. The van der Waals surface area contributed by atoms with Gasteiger partial charge in [-0.3, -0.25) is 4.79 Å². The number of carboxylic acid groups (broad SMARTS) is 1. The topological polar surface area (TPSA) is 87.7 Å². The number of fused-ring (bicyclic) bond motifs is 2. The zero-order chi connectivity index (χ0) is 16.0. The first-order valence-electron chi connectivity index (χ1n) is 9.01. The fourth-order valence-electron chi connectivity index (χ4n) is 5.31. The van der Waals surface area contributed by atoms with Crippen LogP contribution in [0.15, 0.2) is 0 Å². The molecule has 0 radical (unpaired) electrons. The third kappa shape index (κ3) is 2.42. The van der Waals surface area contributed by atoms with E-state index in [0.29, 0.717) is 24.9 Å². The van der Waals surface area contributed by atoms with Crippen molar-refractivity contribution < 1.29 is 19.4 Å². The predicted molar refractivity (Wildman–Crippen MR) is 83.0 cm³/mol. The van der Waals surface area contributed by atoms with E-state index in [1.165, 1.54) is 19.3 Å². The molecule has 3 atom stereocenters. The number of aliphatic carboxylic acids is 1. The number of nitrogens with one attached hydrogen (secondary N) is 2. The van der Waals surface area contributed by atoms with Crippen molar-refractivity contribution in [1.29, 1.82) is 0 Å². The number of carboxylic acids is 1. The van der Waals surface area contributed by atoms with Crippen LogP contribution >= 0.6 is 0 Å². The maximum absolute atomic E-state index is 12.4. The third-order valence-corrected chi connectivity index (χ3v) is 6.73. The van der Waals surface area contributed by atoms with Crippen molar-refractivity contribution in [3.63, 3.8) is 0 Å². The molecule has 6 nitrogen and oxygen atoms in total. The van der Waals surface area contributed by atoms with E-state index < -0.39 is 5.97 Å². The number of rotatable bonds is 3. The van der Waals surface area contributed by atoms with Crippen molar-refractivity contribution >= 4 is 12.0 Å². The lowest BCUT2D eigenvalue weighted by molar-refractivity contribution is -0.172. The van der Waals surface area contributed by atoms with Crippen LogP contribution in [0, 0.1) is 17.3 Å². The second-order valence-corrected chi connectivity index (χ2v) is 7.81. The van der Waals surface area contributed by atoms with Gasteiger partial charge in [0.2, 0.25) is 0 Å². The Hall–Kier alpha value is -1.30. The minimum Gasteiger partial charge on any atom is -0.481 e. The van der Waals surface area contributed by atoms with Gasteiger partial charge in [-0.15, -0.1) is 0 Å². The summed E-state index contributed by atoms with van der Waals surface area (Å²) < 4.78 is 5.88. The van der Waals surface area contributed by atoms with Crippen LogP contribution in [0.3, 0.4) is 0 Å². The Bertz CT molecular complexity index is 497. The van der Waals surface area contributed by atoms with E-state index >= 15 is 0 Å². The van der Waals surface area contributed by atoms with Crippen molar-refractivity contribution in [3.8, 4) is 0 Å². The lowest BCUT2D eigenvalue weighted by Gasteiger charge is -2.63. The zero-order valence-corrected chi connectivity index (χ0v) is 13.4. The lowest BCUT2D eigenvalue weighted by Crippen LogP contribution is -2.72. The number of urea groups is 1. The van der Waals surface area contributed by atoms with Crippen molar-refractivity contribution in [2.24, 2.45) is 17.3 Å². The van der Waals surface area contributed by atoms with E-state index in [9.17, 15) is 9.59 Å². The summed E-state index contributed by atoms with van der Waals surface area (Å²) in [5.41, 5.74) is 0.208. The van der Waals surface area contributed by atoms with Gasteiger partial charge in [0.15, 0.2) is 0 Å². The Morgan fingerprint density at radius 3 is 2.39 bits per heavy atom. The summed E-state index contributed by atoms with van der Waals surface area (Å²) in [6.45, 7) is 0.829. The molecule has 1 spiro atoms. The van der Waals surface area contributed by atoms with Crippen LogP contribution < -0.4 is 10.6 Å². The molecule has 6 heteroatoms. The quantitative estimate of drug-likeness (QED) is 0.740. The number of hydrogen-bond acceptors (Lipinski definition) is 3. The number of carbonyl (C=O) groups excluding carboxylic acids is 1. The monoisotopic (exact) mass is 322 g/mol. The maximum Gasteiger partial charge on any atom is 0.315 e. The average Bonchev–Trinajstić information content (AvgIpc) is 2.89. The Labute approximate surface area is 136 Å². The molecule has 4 rings (SSSR count). The molecule has 23 heavy (non-hydrogen) atoms. The number of carbonyl (C=O) groups is 2.